The second-order valence-corrected chi connectivity index (χ2v) is 8.43. The summed E-state index contributed by atoms with van der Waals surface area (Å²) < 4.78 is 27.0. The van der Waals surface area contributed by atoms with E-state index in [9.17, 15) is 13.2 Å². The molecule has 5 nitrogen and oxygen atoms in total. The molecule has 0 saturated heterocycles. The van der Waals surface area contributed by atoms with Crippen molar-refractivity contribution in [2.75, 3.05) is 6.54 Å². The zero-order valence-electron chi connectivity index (χ0n) is 10.3. The first-order valence-electron chi connectivity index (χ1n) is 5.76. The molecule has 1 aromatic heterocycles. The van der Waals surface area contributed by atoms with Gasteiger partial charge in [-0.05, 0) is 31.4 Å². The van der Waals surface area contributed by atoms with Crippen molar-refractivity contribution in [3.05, 3.63) is 16.0 Å². The lowest BCUT2D eigenvalue weighted by molar-refractivity contribution is -0.153. The maximum atomic E-state index is 12.1. The van der Waals surface area contributed by atoms with Gasteiger partial charge in [0.2, 0.25) is 10.0 Å². The summed E-state index contributed by atoms with van der Waals surface area (Å²) in [6.07, 6.45) is 1.84. The van der Waals surface area contributed by atoms with Crippen molar-refractivity contribution in [1.29, 1.82) is 0 Å². The Morgan fingerprint density at radius 1 is 1.58 bits per heavy atom. The van der Waals surface area contributed by atoms with Crippen molar-refractivity contribution in [2.24, 2.45) is 5.41 Å². The average molecular weight is 324 g/mol. The molecule has 0 aromatic carbocycles. The van der Waals surface area contributed by atoms with Crippen LogP contribution in [0.2, 0.25) is 4.34 Å². The van der Waals surface area contributed by atoms with Gasteiger partial charge in [-0.15, -0.1) is 11.3 Å². The molecule has 1 heterocycles. The number of halogens is 1. The fourth-order valence-electron chi connectivity index (χ4n) is 1.94. The molecule has 0 amide bonds. The summed E-state index contributed by atoms with van der Waals surface area (Å²) in [5, 5.41) is 9.15. The minimum Gasteiger partial charge on any atom is -0.481 e. The topological polar surface area (TPSA) is 83.5 Å². The van der Waals surface area contributed by atoms with Crippen molar-refractivity contribution in [3.63, 3.8) is 0 Å². The Bertz CT molecular complexity index is 585. The zero-order valence-corrected chi connectivity index (χ0v) is 12.7. The molecule has 0 spiro atoms. The van der Waals surface area contributed by atoms with Crippen molar-refractivity contribution in [2.45, 2.75) is 30.4 Å². The molecule has 1 aliphatic carbocycles. The average Bonchev–Trinajstić information content (AvgIpc) is 2.57. The molecular formula is C11H14ClNO4S2. The Morgan fingerprint density at radius 3 is 2.58 bits per heavy atom. The number of thiophene rings is 1. The van der Waals surface area contributed by atoms with Gasteiger partial charge in [-0.1, -0.05) is 18.0 Å². The van der Waals surface area contributed by atoms with Crippen LogP contribution in [0.5, 0.6) is 0 Å². The van der Waals surface area contributed by atoms with Gasteiger partial charge in [0.25, 0.3) is 0 Å². The van der Waals surface area contributed by atoms with Crippen LogP contribution in [0.1, 0.15) is 24.8 Å². The molecule has 2 rings (SSSR count). The maximum Gasteiger partial charge on any atom is 0.310 e. The molecule has 0 atom stereocenters. The molecule has 19 heavy (non-hydrogen) atoms. The molecule has 0 radical (unpaired) electrons. The van der Waals surface area contributed by atoms with E-state index in [2.05, 4.69) is 4.72 Å². The highest BCUT2D eigenvalue weighted by Crippen LogP contribution is 2.41. The third-order valence-electron chi connectivity index (χ3n) is 3.46. The molecule has 0 unspecified atom stereocenters. The van der Waals surface area contributed by atoms with Gasteiger partial charge < -0.3 is 5.11 Å². The lowest BCUT2D eigenvalue weighted by Gasteiger charge is -2.37. The summed E-state index contributed by atoms with van der Waals surface area (Å²) in [7, 11) is -3.68. The van der Waals surface area contributed by atoms with Crippen LogP contribution in [-0.4, -0.2) is 26.0 Å². The molecule has 106 valence electrons. The minimum atomic E-state index is -3.68. The molecule has 0 aliphatic heterocycles. The van der Waals surface area contributed by atoms with E-state index in [1.165, 1.54) is 6.07 Å². The summed E-state index contributed by atoms with van der Waals surface area (Å²) in [4.78, 5) is 11.2. The number of aryl methyl sites for hydroxylation is 1. The van der Waals surface area contributed by atoms with E-state index in [0.29, 0.717) is 22.7 Å². The number of hydrogen-bond acceptors (Lipinski definition) is 4. The first-order chi connectivity index (χ1) is 8.77. The fraction of sp³-hybridized carbons (Fsp3) is 0.545. The van der Waals surface area contributed by atoms with Crippen LogP contribution in [0.4, 0.5) is 0 Å². The van der Waals surface area contributed by atoms with Crippen LogP contribution < -0.4 is 4.72 Å². The van der Waals surface area contributed by atoms with Gasteiger partial charge in [0, 0.05) is 6.54 Å². The number of hydrogen-bond donors (Lipinski definition) is 2. The van der Waals surface area contributed by atoms with E-state index in [-0.39, 0.29) is 10.8 Å². The van der Waals surface area contributed by atoms with E-state index in [1.54, 1.807) is 6.92 Å². The number of aliphatic carboxylic acids is 1. The van der Waals surface area contributed by atoms with Crippen LogP contribution in [0.15, 0.2) is 10.3 Å². The third-order valence-corrected chi connectivity index (χ3v) is 6.89. The lowest BCUT2D eigenvalue weighted by atomic mass is 9.69. The van der Waals surface area contributed by atoms with Gasteiger partial charge in [0.1, 0.15) is 4.21 Å². The number of sulfonamides is 1. The molecule has 8 heteroatoms. The van der Waals surface area contributed by atoms with Gasteiger partial charge in [-0.2, -0.15) is 0 Å². The normalized spacial score (nSPS) is 18.0. The van der Waals surface area contributed by atoms with E-state index in [0.717, 1.165) is 17.8 Å². The fourth-order valence-corrected chi connectivity index (χ4v) is 4.82. The van der Waals surface area contributed by atoms with Crippen LogP contribution in [0, 0.1) is 12.3 Å². The predicted molar refractivity (Wildman–Crippen MR) is 73.2 cm³/mol. The third kappa shape index (κ3) is 2.79. The second kappa shape index (κ2) is 5.05. The first-order valence-corrected chi connectivity index (χ1v) is 8.44. The van der Waals surface area contributed by atoms with Crippen molar-refractivity contribution >= 4 is 38.9 Å². The number of carboxylic acid groups (broad SMARTS) is 1. The maximum absolute atomic E-state index is 12.1. The highest BCUT2D eigenvalue weighted by Gasteiger charge is 2.45. The zero-order chi connectivity index (χ0) is 14.3. The van der Waals surface area contributed by atoms with Crippen LogP contribution in [0.25, 0.3) is 0 Å². The number of carbonyl (C=O) groups is 1. The highest BCUT2D eigenvalue weighted by molar-refractivity contribution is 7.91. The van der Waals surface area contributed by atoms with Crippen molar-refractivity contribution in [3.8, 4) is 0 Å². The minimum absolute atomic E-state index is 0.0702. The second-order valence-electron chi connectivity index (χ2n) is 4.79. The van der Waals surface area contributed by atoms with E-state index in [1.807, 2.05) is 0 Å². The standard InChI is InChI=1S/C11H14ClNO4S2/c1-7-5-8(18-9(7)12)19(16,17)13-6-11(10(14)15)3-2-4-11/h5,13H,2-4,6H2,1H3,(H,14,15). The Labute approximate surface area is 120 Å². The SMILES string of the molecule is Cc1cc(S(=O)(=O)NCC2(C(=O)O)CCC2)sc1Cl. The predicted octanol–water partition coefficient (Wildman–Crippen LogP) is 2.24. The lowest BCUT2D eigenvalue weighted by Crippen LogP contribution is -2.47. The summed E-state index contributed by atoms with van der Waals surface area (Å²) in [6, 6.07) is 1.49. The number of nitrogens with one attached hydrogen (secondary N) is 1. The largest absolute Gasteiger partial charge is 0.481 e. The summed E-state index contributed by atoms with van der Waals surface area (Å²) >= 11 is 6.82. The van der Waals surface area contributed by atoms with E-state index < -0.39 is 21.4 Å². The first kappa shape index (κ1) is 14.8. The molecule has 1 aromatic rings. The summed E-state index contributed by atoms with van der Waals surface area (Å²) in [5.41, 5.74) is -0.243. The molecule has 1 fully saturated rings. The Balaban J connectivity index is 2.12. The van der Waals surface area contributed by atoms with Crippen LogP contribution in [-0.2, 0) is 14.8 Å². The molecule has 1 aliphatic rings. The van der Waals surface area contributed by atoms with Gasteiger partial charge in [0.15, 0.2) is 0 Å². The van der Waals surface area contributed by atoms with Crippen molar-refractivity contribution in [1.82, 2.24) is 4.72 Å². The monoisotopic (exact) mass is 323 g/mol. The van der Waals surface area contributed by atoms with Crippen molar-refractivity contribution < 1.29 is 18.3 Å². The molecule has 2 N–H and O–H groups in total. The molecule has 0 bridgehead atoms. The van der Waals surface area contributed by atoms with Gasteiger partial charge in [-0.25, -0.2) is 13.1 Å². The Hall–Kier alpha value is -0.630. The van der Waals surface area contributed by atoms with E-state index >= 15 is 0 Å². The van der Waals surface area contributed by atoms with Gasteiger partial charge >= 0.3 is 5.97 Å². The van der Waals surface area contributed by atoms with Crippen LogP contribution >= 0.6 is 22.9 Å². The van der Waals surface area contributed by atoms with Gasteiger partial charge in [-0.3, -0.25) is 4.79 Å². The Morgan fingerprint density at radius 2 is 2.21 bits per heavy atom. The molecule has 1 saturated carbocycles. The van der Waals surface area contributed by atoms with Crippen LogP contribution in [0.3, 0.4) is 0 Å². The van der Waals surface area contributed by atoms with E-state index in [4.69, 9.17) is 16.7 Å². The van der Waals surface area contributed by atoms with Gasteiger partial charge in [0.05, 0.1) is 9.75 Å². The Kier molecular flexibility index (Phi) is 3.92. The quantitative estimate of drug-likeness (QED) is 0.870. The molecular weight excluding hydrogens is 310 g/mol. The number of rotatable bonds is 5. The summed E-state index contributed by atoms with van der Waals surface area (Å²) in [6.45, 7) is 1.65. The number of carboxylic acids is 1. The highest BCUT2D eigenvalue weighted by atomic mass is 35.5. The summed E-state index contributed by atoms with van der Waals surface area (Å²) in [5.74, 6) is -0.943. The smallest absolute Gasteiger partial charge is 0.310 e.